The van der Waals surface area contributed by atoms with Gasteiger partial charge in [0.05, 0.1) is 16.9 Å². The standard InChI is InChI=1S/C12H12F2O4S/c13-9-2-1-8(10(14)5-9)6-12(11(15)16)3-4-19(17,18)7-12/h1-2,5H,3-4,6-7H2,(H,15,16). The molecule has 1 aliphatic rings. The van der Waals surface area contributed by atoms with E-state index in [0.717, 1.165) is 12.1 Å². The summed E-state index contributed by atoms with van der Waals surface area (Å²) in [5.41, 5.74) is -1.50. The smallest absolute Gasteiger partial charge is 0.311 e. The maximum absolute atomic E-state index is 13.5. The Morgan fingerprint density at radius 3 is 2.53 bits per heavy atom. The molecule has 0 bridgehead atoms. The molecule has 0 amide bonds. The van der Waals surface area contributed by atoms with E-state index in [4.69, 9.17) is 0 Å². The Balaban J connectivity index is 2.35. The summed E-state index contributed by atoms with van der Waals surface area (Å²) < 4.78 is 49.3. The van der Waals surface area contributed by atoms with Crippen molar-refractivity contribution in [2.75, 3.05) is 11.5 Å². The molecule has 1 saturated heterocycles. The third kappa shape index (κ3) is 2.75. The molecule has 1 aromatic carbocycles. The monoisotopic (exact) mass is 290 g/mol. The highest BCUT2D eigenvalue weighted by Crippen LogP contribution is 2.36. The molecule has 1 fully saturated rings. The first-order chi connectivity index (χ1) is 8.74. The summed E-state index contributed by atoms with van der Waals surface area (Å²) in [6.07, 6.45) is -0.310. The largest absolute Gasteiger partial charge is 0.481 e. The quantitative estimate of drug-likeness (QED) is 0.913. The summed E-state index contributed by atoms with van der Waals surface area (Å²) in [6, 6.07) is 2.84. The van der Waals surface area contributed by atoms with Crippen molar-refractivity contribution in [1.29, 1.82) is 0 Å². The van der Waals surface area contributed by atoms with Gasteiger partial charge in [0.15, 0.2) is 9.84 Å². The van der Waals surface area contributed by atoms with E-state index >= 15 is 0 Å². The minimum Gasteiger partial charge on any atom is -0.481 e. The molecule has 1 aromatic rings. The van der Waals surface area contributed by atoms with Crippen LogP contribution in [-0.4, -0.2) is 31.0 Å². The van der Waals surface area contributed by atoms with Gasteiger partial charge in [-0.3, -0.25) is 4.79 Å². The molecule has 2 rings (SSSR count). The zero-order valence-electron chi connectivity index (χ0n) is 9.90. The van der Waals surface area contributed by atoms with Gasteiger partial charge in [-0.2, -0.15) is 0 Å². The first kappa shape index (κ1) is 13.9. The van der Waals surface area contributed by atoms with E-state index in [1.807, 2.05) is 0 Å². The van der Waals surface area contributed by atoms with Gasteiger partial charge in [-0.05, 0) is 24.5 Å². The van der Waals surface area contributed by atoms with Crippen LogP contribution in [0.2, 0.25) is 0 Å². The summed E-state index contributed by atoms with van der Waals surface area (Å²) in [7, 11) is -3.42. The van der Waals surface area contributed by atoms with Gasteiger partial charge in [-0.15, -0.1) is 0 Å². The molecule has 0 spiro atoms. The zero-order chi connectivity index (χ0) is 14.3. The van der Waals surface area contributed by atoms with Gasteiger partial charge < -0.3 is 5.11 Å². The third-order valence-corrected chi connectivity index (χ3v) is 5.20. The highest BCUT2D eigenvalue weighted by Gasteiger charge is 2.48. The second kappa shape index (κ2) is 4.56. The van der Waals surface area contributed by atoms with Crippen LogP contribution in [0.3, 0.4) is 0 Å². The fourth-order valence-electron chi connectivity index (χ4n) is 2.33. The number of hydrogen-bond acceptors (Lipinski definition) is 3. The molecule has 1 atom stereocenters. The van der Waals surface area contributed by atoms with Gasteiger partial charge >= 0.3 is 5.97 Å². The van der Waals surface area contributed by atoms with Crippen molar-refractivity contribution in [3.8, 4) is 0 Å². The molecule has 1 N–H and O–H groups in total. The van der Waals surface area contributed by atoms with Crippen LogP contribution in [0.4, 0.5) is 8.78 Å². The van der Waals surface area contributed by atoms with Gasteiger partial charge in [-0.25, -0.2) is 17.2 Å². The Morgan fingerprint density at radius 2 is 2.05 bits per heavy atom. The molecule has 19 heavy (non-hydrogen) atoms. The summed E-state index contributed by atoms with van der Waals surface area (Å²) >= 11 is 0. The van der Waals surface area contributed by atoms with Gasteiger partial charge in [-0.1, -0.05) is 6.07 Å². The number of sulfone groups is 1. The number of carboxylic acid groups (broad SMARTS) is 1. The van der Waals surface area contributed by atoms with Crippen molar-refractivity contribution in [3.63, 3.8) is 0 Å². The zero-order valence-corrected chi connectivity index (χ0v) is 10.7. The first-order valence-electron chi connectivity index (χ1n) is 5.62. The highest BCUT2D eigenvalue weighted by atomic mass is 32.2. The molecule has 1 aliphatic heterocycles. The molecular weight excluding hydrogens is 278 g/mol. The number of hydrogen-bond donors (Lipinski definition) is 1. The van der Waals surface area contributed by atoms with Crippen LogP contribution in [0.5, 0.6) is 0 Å². The number of aliphatic carboxylic acids is 1. The van der Waals surface area contributed by atoms with E-state index in [-0.39, 0.29) is 24.2 Å². The average molecular weight is 290 g/mol. The molecule has 4 nitrogen and oxygen atoms in total. The fraction of sp³-hybridized carbons (Fsp3) is 0.417. The first-order valence-corrected chi connectivity index (χ1v) is 7.44. The van der Waals surface area contributed by atoms with E-state index in [9.17, 15) is 27.1 Å². The lowest BCUT2D eigenvalue weighted by molar-refractivity contribution is -0.147. The number of halogens is 2. The molecule has 0 radical (unpaired) electrons. The van der Waals surface area contributed by atoms with Crippen LogP contribution in [0, 0.1) is 17.0 Å². The third-order valence-electron chi connectivity index (χ3n) is 3.39. The molecule has 0 aliphatic carbocycles. The van der Waals surface area contributed by atoms with Crippen LogP contribution < -0.4 is 0 Å². The van der Waals surface area contributed by atoms with Crippen LogP contribution in [-0.2, 0) is 21.1 Å². The molecule has 0 aromatic heterocycles. The number of benzene rings is 1. The van der Waals surface area contributed by atoms with E-state index in [0.29, 0.717) is 6.07 Å². The lowest BCUT2D eigenvalue weighted by atomic mass is 9.81. The van der Waals surface area contributed by atoms with E-state index < -0.39 is 38.6 Å². The minimum absolute atomic E-state index is 0.0147. The summed E-state index contributed by atoms with van der Waals surface area (Å²) in [5.74, 6) is -3.61. The van der Waals surface area contributed by atoms with Gasteiger partial charge in [0.25, 0.3) is 0 Å². The molecule has 104 valence electrons. The predicted octanol–water partition coefficient (Wildman–Crippen LogP) is 1.40. The van der Waals surface area contributed by atoms with Crippen LogP contribution in [0.15, 0.2) is 18.2 Å². The average Bonchev–Trinajstić information content (AvgIpc) is 2.60. The van der Waals surface area contributed by atoms with Crippen molar-refractivity contribution in [3.05, 3.63) is 35.4 Å². The highest BCUT2D eigenvalue weighted by molar-refractivity contribution is 7.91. The van der Waals surface area contributed by atoms with Crippen molar-refractivity contribution >= 4 is 15.8 Å². The molecule has 7 heteroatoms. The maximum atomic E-state index is 13.5. The van der Waals surface area contributed by atoms with Crippen LogP contribution in [0.25, 0.3) is 0 Å². The lowest BCUT2D eigenvalue weighted by Gasteiger charge is -2.22. The lowest BCUT2D eigenvalue weighted by Crippen LogP contribution is -2.35. The topological polar surface area (TPSA) is 71.4 Å². The Hall–Kier alpha value is -1.50. The predicted molar refractivity (Wildman–Crippen MR) is 63.4 cm³/mol. The Labute approximate surface area is 109 Å². The van der Waals surface area contributed by atoms with Crippen LogP contribution in [0.1, 0.15) is 12.0 Å². The van der Waals surface area contributed by atoms with Gasteiger partial charge in [0.2, 0.25) is 0 Å². The Morgan fingerprint density at radius 1 is 1.37 bits per heavy atom. The van der Waals surface area contributed by atoms with Crippen molar-refractivity contribution in [2.45, 2.75) is 12.8 Å². The van der Waals surface area contributed by atoms with E-state index in [1.165, 1.54) is 0 Å². The van der Waals surface area contributed by atoms with Crippen molar-refractivity contribution < 1.29 is 27.1 Å². The second-order valence-electron chi connectivity index (χ2n) is 4.84. The Kier molecular flexibility index (Phi) is 3.34. The van der Waals surface area contributed by atoms with Gasteiger partial charge in [0, 0.05) is 6.07 Å². The van der Waals surface area contributed by atoms with Gasteiger partial charge in [0.1, 0.15) is 11.6 Å². The number of rotatable bonds is 3. The Bertz CT molecular complexity index is 627. The van der Waals surface area contributed by atoms with E-state index in [2.05, 4.69) is 0 Å². The summed E-state index contributed by atoms with van der Waals surface area (Å²) in [5, 5.41) is 9.24. The second-order valence-corrected chi connectivity index (χ2v) is 7.02. The molecular formula is C12H12F2O4S. The SMILES string of the molecule is O=C(O)C1(Cc2ccc(F)cc2F)CCS(=O)(=O)C1. The number of carboxylic acids is 1. The molecule has 1 heterocycles. The maximum Gasteiger partial charge on any atom is 0.311 e. The normalized spacial score (nSPS) is 25.4. The minimum atomic E-state index is -3.42. The van der Waals surface area contributed by atoms with Crippen molar-refractivity contribution in [2.24, 2.45) is 5.41 Å². The van der Waals surface area contributed by atoms with Crippen LogP contribution >= 0.6 is 0 Å². The summed E-state index contributed by atoms with van der Waals surface area (Å²) in [4.78, 5) is 11.3. The van der Waals surface area contributed by atoms with Crippen molar-refractivity contribution in [1.82, 2.24) is 0 Å². The molecule has 1 unspecified atom stereocenters. The van der Waals surface area contributed by atoms with E-state index in [1.54, 1.807) is 0 Å². The fourth-order valence-corrected chi connectivity index (χ4v) is 4.39. The number of carbonyl (C=O) groups is 1. The molecule has 0 saturated carbocycles. The summed E-state index contributed by atoms with van der Waals surface area (Å²) in [6.45, 7) is 0.